The van der Waals surface area contributed by atoms with Crippen LogP contribution in [0.15, 0.2) is 12.1 Å². The molecule has 1 saturated heterocycles. The fourth-order valence-corrected chi connectivity index (χ4v) is 3.51. The van der Waals surface area contributed by atoms with E-state index in [1.54, 1.807) is 0 Å². The van der Waals surface area contributed by atoms with Crippen molar-refractivity contribution in [1.29, 1.82) is 0 Å². The predicted molar refractivity (Wildman–Crippen MR) is 85.6 cm³/mol. The minimum Gasteiger partial charge on any atom is -0.373 e. The second kappa shape index (κ2) is 6.48. The number of aryl methyl sites for hydroxylation is 1. The molecule has 0 spiro atoms. The molecule has 1 aromatic heterocycles. The third-order valence-electron chi connectivity index (χ3n) is 3.89. The molecule has 2 unspecified atom stereocenters. The molecular weight excluding hydrogens is 270 g/mol. The van der Waals surface area contributed by atoms with Gasteiger partial charge >= 0.3 is 0 Å². The number of nitrogens with one attached hydrogen (secondary N) is 1. The highest BCUT2D eigenvalue weighted by Crippen LogP contribution is 2.26. The number of hydrogen-bond acceptors (Lipinski definition) is 4. The maximum Gasteiger partial charge on any atom is 0.254 e. The number of carbonyl (C=O) groups excluding carboxylic acids is 1. The Balaban J connectivity index is 2.28. The van der Waals surface area contributed by atoms with Crippen molar-refractivity contribution < 1.29 is 4.79 Å². The van der Waals surface area contributed by atoms with Crippen LogP contribution in [0, 0.1) is 0 Å². The Kier molecular flexibility index (Phi) is 4.91. The largest absolute Gasteiger partial charge is 0.373 e. The summed E-state index contributed by atoms with van der Waals surface area (Å²) in [5.74, 6) is 1.90. The van der Waals surface area contributed by atoms with Crippen LogP contribution in [-0.4, -0.2) is 46.4 Å². The van der Waals surface area contributed by atoms with Gasteiger partial charge in [-0.05, 0) is 25.5 Å². The summed E-state index contributed by atoms with van der Waals surface area (Å²) in [6, 6.07) is 4.04. The molecular formula is C15H23N3OS. The number of anilines is 1. The average molecular weight is 293 g/mol. The first-order valence-electron chi connectivity index (χ1n) is 7.18. The normalized spacial score (nSPS) is 22.7. The second-order valence-electron chi connectivity index (χ2n) is 5.15. The molecule has 1 aliphatic heterocycles. The van der Waals surface area contributed by atoms with E-state index >= 15 is 0 Å². The Labute approximate surface area is 125 Å². The highest BCUT2D eigenvalue weighted by Gasteiger charge is 2.29. The molecule has 5 heteroatoms. The molecule has 1 aliphatic rings. The Morgan fingerprint density at radius 1 is 1.50 bits per heavy atom. The van der Waals surface area contributed by atoms with Crippen LogP contribution in [0.4, 0.5) is 5.82 Å². The molecule has 0 radical (unpaired) electrons. The fraction of sp³-hybridized carbons (Fsp3) is 0.600. The zero-order valence-electron chi connectivity index (χ0n) is 12.6. The number of carbonyl (C=O) groups is 1. The molecule has 2 rings (SSSR count). The molecule has 1 fully saturated rings. The van der Waals surface area contributed by atoms with Crippen LogP contribution in [-0.2, 0) is 6.42 Å². The maximum atomic E-state index is 12.8. The zero-order valence-corrected chi connectivity index (χ0v) is 13.5. The quantitative estimate of drug-likeness (QED) is 0.930. The third-order valence-corrected chi connectivity index (χ3v) is 5.23. The summed E-state index contributed by atoms with van der Waals surface area (Å²) in [5, 5.41) is 3.52. The van der Waals surface area contributed by atoms with Gasteiger partial charge in [-0.1, -0.05) is 13.8 Å². The Bertz CT molecular complexity index is 470. The lowest BCUT2D eigenvalue weighted by molar-refractivity contribution is 0.0698. The van der Waals surface area contributed by atoms with Crippen molar-refractivity contribution in [2.24, 2.45) is 0 Å². The second-order valence-corrected chi connectivity index (χ2v) is 6.64. The first-order chi connectivity index (χ1) is 9.56. The molecule has 1 N–H and O–H groups in total. The smallest absolute Gasteiger partial charge is 0.254 e. The zero-order chi connectivity index (χ0) is 14.7. The van der Waals surface area contributed by atoms with Crippen molar-refractivity contribution in [2.45, 2.75) is 38.5 Å². The lowest BCUT2D eigenvalue weighted by Gasteiger charge is -2.37. The van der Waals surface area contributed by atoms with Gasteiger partial charge in [-0.15, -0.1) is 0 Å². The summed E-state index contributed by atoms with van der Waals surface area (Å²) in [7, 11) is 1.83. The Morgan fingerprint density at radius 3 is 2.90 bits per heavy atom. The number of thioether (sulfide) groups is 1. The van der Waals surface area contributed by atoms with E-state index in [9.17, 15) is 4.79 Å². The lowest BCUT2D eigenvalue weighted by Crippen LogP contribution is -2.48. The molecule has 1 aromatic rings. The number of nitrogens with zero attached hydrogens (tertiary/aromatic N) is 2. The summed E-state index contributed by atoms with van der Waals surface area (Å²) < 4.78 is 0. The molecule has 110 valence electrons. The van der Waals surface area contributed by atoms with Crippen LogP contribution in [0.5, 0.6) is 0 Å². The van der Waals surface area contributed by atoms with Gasteiger partial charge in [0, 0.05) is 41.9 Å². The van der Waals surface area contributed by atoms with Crippen molar-refractivity contribution in [2.75, 3.05) is 24.7 Å². The van der Waals surface area contributed by atoms with E-state index < -0.39 is 0 Å². The highest BCUT2D eigenvalue weighted by molar-refractivity contribution is 8.00. The van der Waals surface area contributed by atoms with Crippen LogP contribution in [0.3, 0.4) is 0 Å². The van der Waals surface area contributed by atoms with E-state index in [4.69, 9.17) is 0 Å². The van der Waals surface area contributed by atoms with E-state index in [1.165, 1.54) is 0 Å². The Morgan fingerprint density at radius 2 is 2.25 bits per heavy atom. The van der Waals surface area contributed by atoms with E-state index in [1.807, 2.05) is 35.8 Å². The lowest BCUT2D eigenvalue weighted by atomic mass is 10.1. The van der Waals surface area contributed by atoms with Gasteiger partial charge in [0.25, 0.3) is 5.91 Å². The molecule has 0 bridgehead atoms. The summed E-state index contributed by atoms with van der Waals surface area (Å²) in [5.41, 5.74) is 1.69. The van der Waals surface area contributed by atoms with Gasteiger partial charge in [0.05, 0.1) is 0 Å². The van der Waals surface area contributed by atoms with Gasteiger partial charge in [0.1, 0.15) is 5.82 Å². The van der Waals surface area contributed by atoms with Gasteiger partial charge in [0.2, 0.25) is 0 Å². The molecule has 0 saturated carbocycles. The number of aromatic nitrogens is 1. The van der Waals surface area contributed by atoms with Gasteiger partial charge < -0.3 is 10.2 Å². The molecule has 4 nitrogen and oxygen atoms in total. The molecule has 0 aliphatic carbocycles. The van der Waals surface area contributed by atoms with Crippen LogP contribution < -0.4 is 5.32 Å². The van der Waals surface area contributed by atoms with E-state index in [2.05, 4.69) is 31.1 Å². The predicted octanol–water partition coefficient (Wildman–Crippen LogP) is 2.65. The van der Waals surface area contributed by atoms with Crippen LogP contribution >= 0.6 is 11.8 Å². The van der Waals surface area contributed by atoms with Crippen molar-refractivity contribution in [1.82, 2.24) is 9.88 Å². The van der Waals surface area contributed by atoms with Crippen LogP contribution in [0.2, 0.25) is 0 Å². The van der Waals surface area contributed by atoms with Crippen molar-refractivity contribution >= 4 is 23.5 Å². The fourth-order valence-electron chi connectivity index (χ4n) is 2.41. The Hall–Kier alpha value is -1.23. The number of hydrogen-bond donors (Lipinski definition) is 1. The molecule has 20 heavy (non-hydrogen) atoms. The van der Waals surface area contributed by atoms with Crippen LogP contribution in [0.25, 0.3) is 0 Å². The molecule has 0 aromatic carbocycles. The van der Waals surface area contributed by atoms with E-state index in [-0.39, 0.29) is 11.9 Å². The number of rotatable bonds is 3. The van der Waals surface area contributed by atoms with Gasteiger partial charge in [-0.3, -0.25) is 4.79 Å². The van der Waals surface area contributed by atoms with Gasteiger partial charge in [-0.2, -0.15) is 11.8 Å². The van der Waals surface area contributed by atoms with Crippen molar-refractivity contribution in [3.05, 3.63) is 23.4 Å². The average Bonchev–Trinajstić information content (AvgIpc) is 2.48. The molecule has 2 heterocycles. The van der Waals surface area contributed by atoms with Gasteiger partial charge in [0.15, 0.2) is 0 Å². The van der Waals surface area contributed by atoms with Crippen molar-refractivity contribution in [3.8, 4) is 0 Å². The third kappa shape index (κ3) is 3.08. The molecule has 2 atom stereocenters. The standard InChI is InChI=1S/C15H23N3OS/c1-5-13-8-12(9-14(16-4)17-13)15(19)18-6-7-20-11(3)10(18)2/h8-11H,5-7H2,1-4H3,(H,16,17). The summed E-state index contributed by atoms with van der Waals surface area (Å²) >= 11 is 1.94. The maximum absolute atomic E-state index is 12.8. The van der Waals surface area contributed by atoms with Gasteiger partial charge in [-0.25, -0.2) is 4.98 Å². The minimum atomic E-state index is 0.123. The summed E-state index contributed by atoms with van der Waals surface area (Å²) in [4.78, 5) is 19.2. The number of amides is 1. The van der Waals surface area contributed by atoms with Crippen molar-refractivity contribution in [3.63, 3.8) is 0 Å². The first kappa shape index (κ1) is 15.2. The highest BCUT2D eigenvalue weighted by atomic mass is 32.2. The number of pyridine rings is 1. The van der Waals surface area contributed by atoms with E-state index in [0.29, 0.717) is 5.25 Å². The van der Waals surface area contributed by atoms with Crippen LogP contribution in [0.1, 0.15) is 36.8 Å². The SMILES string of the molecule is CCc1cc(C(=O)N2CCSC(C)C2C)cc(NC)n1. The van der Waals surface area contributed by atoms with E-state index in [0.717, 1.165) is 35.8 Å². The first-order valence-corrected chi connectivity index (χ1v) is 8.23. The topological polar surface area (TPSA) is 45.2 Å². The monoisotopic (exact) mass is 293 g/mol. The molecule has 1 amide bonds. The summed E-state index contributed by atoms with van der Waals surface area (Å²) in [6.07, 6.45) is 0.831. The minimum absolute atomic E-state index is 0.123. The summed E-state index contributed by atoms with van der Waals surface area (Å²) in [6.45, 7) is 7.21.